The number of hydrogen-bond donors (Lipinski definition) is 1. The lowest BCUT2D eigenvalue weighted by atomic mass is 10.1. The van der Waals surface area contributed by atoms with E-state index in [0.29, 0.717) is 12.8 Å². The van der Waals surface area contributed by atoms with Gasteiger partial charge in [-0.1, -0.05) is 0 Å². The first-order valence-electron chi connectivity index (χ1n) is 4.23. The van der Waals surface area contributed by atoms with E-state index in [2.05, 4.69) is 4.74 Å². The molecule has 1 aliphatic rings. The smallest absolute Gasteiger partial charge is 0.379 e. The van der Waals surface area contributed by atoms with Crippen molar-refractivity contribution in [1.82, 2.24) is 0 Å². The third kappa shape index (κ3) is 2.15. The Labute approximate surface area is 74.7 Å². The summed E-state index contributed by atoms with van der Waals surface area (Å²) in [6.07, 6.45) is -0.779. The van der Waals surface area contributed by atoms with Gasteiger partial charge in [-0.05, 0) is 25.7 Å². The van der Waals surface area contributed by atoms with Gasteiger partial charge < -0.3 is 9.84 Å². The third-order valence-corrected chi connectivity index (χ3v) is 1.99. The second-order valence-electron chi connectivity index (χ2n) is 3.13. The monoisotopic (exact) mass is 194 g/mol. The molecule has 3 nitrogen and oxygen atoms in total. The van der Waals surface area contributed by atoms with Crippen molar-refractivity contribution >= 4 is 5.97 Å². The summed E-state index contributed by atoms with van der Waals surface area (Å²) in [4.78, 5) is 10.7. The van der Waals surface area contributed by atoms with Crippen molar-refractivity contribution in [2.24, 2.45) is 5.92 Å². The van der Waals surface area contributed by atoms with Crippen LogP contribution in [0.15, 0.2) is 0 Å². The van der Waals surface area contributed by atoms with Crippen LogP contribution in [0, 0.1) is 5.92 Å². The van der Waals surface area contributed by atoms with Gasteiger partial charge in [-0.15, -0.1) is 0 Å². The Bertz CT molecular complexity index is 202. The molecule has 0 aromatic heterocycles. The van der Waals surface area contributed by atoms with Crippen molar-refractivity contribution in [2.45, 2.75) is 31.8 Å². The molecular weight excluding hydrogens is 182 g/mol. The van der Waals surface area contributed by atoms with E-state index in [4.69, 9.17) is 5.11 Å². The van der Waals surface area contributed by atoms with E-state index in [-0.39, 0.29) is 6.61 Å². The Balaban J connectivity index is 2.56. The Hall–Kier alpha value is -0.710. The molecule has 0 aromatic carbocycles. The number of aliphatic hydroxyl groups is 1. The summed E-state index contributed by atoms with van der Waals surface area (Å²) in [6.45, 7) is 1.34. The fourth-order valence-corrected chi connectivity index (χ4v) is 1.06. The maximum atomic E-state index is 13.0. The van der Waals surface area contributed by atoms with Crippen LogP contribution in [0.25, 0.3) is 0 Å². The third-order valence-electron chi connectivity index (χ3n) is 1.99. The predicted molar refractivity (Wildman–Crippen MR) is 40.3 cm³/mol. The summed E-state index contributed by atoms with van der Waals surface area (Å²) in [5.74, 6) is -5.83. The van der Waals surface area contributed by atoms with Crippen LogP contribution in [0.5, 0.6) is 0 Å². The number of alkyl halides is 2. The molecule has 1 unspecified atom stereocenters. The van der Waals surface area contributed by atoms with E-state index in [0.717, 1.165) is 0 Å². The molecule has 0 bridgehead atoms. The summed E-state index contributed by atoms with van der Waals surface area (Å²) in [6, 6.07) is 0. The van der Waals surface area contributed by atoms with Crippen molar-refractivity contribution in [1.29, 1.82) is 0 Å². The highest BCUT2D eigenvalue weighted by Crippen LogP contribution is 2.39. The van der Waals surface area contributed by atoms with Crippen LogP contribution in [0.4, 0.5) is 8.78 Å². The van der Waals surface area contributed by atoms with Crippen LogP contribution in [0.1, 0.15) is 19.8 Å². The van der Waals surface area contributed by atoms with Crippen molar-refractivity contribution in [2.75, 3.05) is 6.61 Å². The summed E-state index contributed by atoms with van der Waals surface area (Å²) < 4.78 is 30.1. The molecular formula is C8H12F2O3. The first-order chi connectivity index (χ1) is 6.00. The Morgan fingerprint density at radius 3 is 2.62 bits per heavy atom. The van der Waals surface area contributed by atoms with Gasteiger partial charge in [0.05, 0.1) is 6.61 Å². The number of carbonyl (C=O) groups excluding carboxylic acids is 1. The fraction of sp³-hybridized carbons (Fsp3) is 0.875. The van der Waals surface area contributed by atoms with Crippen LogP contribution in [-0.4, -0.2) is 29.7 Å². The molecule has 0 heterocycles. The number of ether oxygens (including phenoxy) is 1. The molecule has 13 heavy (non-hydrogen) atoms. The van der Waals surface area contributed by atoms with Gasteiger partial charge in [-0.2, -0.15) is 8.78 Å². The van der Waals surface area contributed by atoms with E-state index in [1.165, 1.54) is 6.92 Å². The van der Waals surface area contributed by atoms with Crippen molar-refractivity contribution in [3.63, 3.8) is 0 Å². The van der Waals surface area contributed by atoms with Crippen LogP contribution in [-0.2, 0) is 9.53 Å². The fourth-order valence-electron chi connectivity index (χ4n) is 1.06. The molecule has 1 fully saturated rings. The van der Waals surface area contributed by atoms with Gasteiger partial charge in [0.2, 0.25) is 0 Å². The second-order valence-corrected chi connectivity index (χ2v) is 3.13. The largest absolute Gasteiger partial charge is 0.461 e. The average molecular weight is 194 g/mol. The lowest BCUT2D eigenvalue weighted by Crippen LogP contribution is -2.43. The van der Waals surface area contributed by atoms with Gasteiger partial charge >= 0.3 is 11.9 Å². The molecule has 1 atom stereocenters. The zero-order valence-electron chi connectivity index (χ0n) is 7.30. The number of aliphatic hydroxyl groups excluding tert-OH is 1. The van der Waals surface area contributed by atoms with Gasteiger partial charge in [-0.3, -0.25) is 0 Å². The highest BCUT2D eigenvalue weighted by molar-refractivity contribution is 5.78. The molecule has 1 aliphatic carbocycles. The highest BCUT2D eigenvalue weighted by Gasteiger charge is 2.54. The Morgan fingerprint density at radius 1 is 1.69 bits per heavy atom. The zero-order valence-corrected chi connectivity index (χ0v) is 7.30. The number of rotatable bonds is 4. The summed E-state index contributed by atoms with van der Waals surface area (Å²) in [7, 11) is 0. The van der Waals surface area contributed by atoms with E-state index in [1.54, 1.807) is 0 Å². The number of esters is 1. The normalized spacial score (nSPS) is 19.7. The summed E-state index contributed by atoms with van der Waals surface area (Å²) in [5.41, 5.74) is 0. The van der Waals surface area contributed by atoms with Crippen LogP contribution in [0.2, 0.25) is 0 Å². The average Bonchev–Trinajstić information content (AvgIpc) is 2.86. The minimum absolute atomic E-state index is 0.105. The lowest BCUT2D eigenvalue weighted by Gasteiger charge is -2.19. The van der Waals surface area contributed by atoms with Crippen LogP contribution < -0.4 is 0 Å². The number of carbonyl (C=O) groups is 1. The van der Waals surface area contributed by atoms with E-state index in [1.807, 2.05) is 0 Å². The molecule has 1 rings (SSSR count). The molecule has 5 heteroatoms. The second kappa shape index (κ2) is 3.57. The molecule has 76 valence electrons. The molecule has 1 N–H and O–H groups in total. The van der Waals surface area contributed by atoms with E-state index >= 15 is 0 Å². The highest BCUT2D eigenvalue weighted by atomic mass is 19.3. The topological polar surface area (TPSA) is 46.5 Å². The SMILES string of the molecule is CCOC(=O)C(F)(F)C(O)C1CC1. The van der Waals surface area contributed by atoms with Crippen molar-refractivity contribution in [3.05, 3.63) is 0 Å². The van der Waals surface area contributed by atoms with Crippen molar-refractivity contribution in [3.8, 4) is 0 Å². The first kappa shape index (κ1) is 10.4. The van der Waals surface area contributed by atoms with Crippen LogP contribution in [0.3, 0.4) is 0 Å². The quantitative estimate of drug-likeness (QED) is 0.678. The molecule has 0 spiro atoms. The van der Waals surface area contributed by atoms with E-state index in [9.17, 15) is 13.6 Å². The Kier molecular flexibility index (Phi) is 2.85. The standard InChI is InChI=1S/C8H12F2O3/c1-2-13-7(12)8(9,10)6(11)5-3-4-5/h5-6,11H,2-4H2,1H3. The molecule has 0 radical (unpaired) electrons. The van der Waals surface area contributed by atoms with Crippen LogP contribution >= 0.6 is 0 Å². The summed E-state index contributed by atoms with van der Waals surface area (Å²) in [5, 5.41) is 9.06. The molecule has 1 saturated carbocycles. The summed E-state index contributed by atoms with van der Waals surface area (Å²) >= 11 is 0. The molecule has 0 aromatic rings. The maximum absolute atomic E-state index is 13.0. The minimum atomic E-state index is -3.75. The predicted octanol–water partition coefficient (Wildman–Crippen LogP) is 0.956. The molecule has 0 amide bonds. The molecule has 0 saturated heterocycles. The van der Waals surface area contributed by atoms with Gasteiger partial charge in [-0.25, -0.2) is 4.79 Å². The molecule has 0 aliphatic heterocycles. The van der Waals surface area contributed by atoms with Crippen molar-refractivity contribution < 1.29 is 23.4 Å². The Morgan fingerprint density at radius 2 is 2.23 bits per heavy atom. The lowest BCUT2D eigenvalue weighted by molar-refractivity contribution is -0.190. The number of hydrogen-bond acceptors (Lipinski definition) is 3. The first-order valence-corrected chi connectivity index (χ1v) is 4.23. The minimum Gasteiger partial charge on any atom is -0.461 e. The van der Waals surface area contributed by atoms with Gasteiger partial charge in [0.1, 0.15) is 6.10 Å². The van der Waals surface area contributed by atoms with Gasteiger partial charge in [0.25, 0.3) is 0 Å². The zero-order chi connectivity index (χ0) is 10.1. The van der Waals surface area contributed by atoms with Gasteiger partial charge in [0, 0.05) is 0 Å². The van der Waals surface area contributed by atoms with E-state index < -0.39 is 23.9 Å². The van der Waals surface area contributed by atoms with Gasteiger partial charge in [0.15, 0.2) is 0 Å². The number of halogens is 2. The maximum Gasteiger partial charge on any atom is 0.379 e.